The number of halogens is 1. The number of benzene rings is 1. The van der Waals surface area contributed by atoms with Crippen LogP contribution in [-0.4, -0.2) is 31.1 Å². The number of hydrogen-bond acceptors (Lipinski definition) is 3. The summed E-state index contributed by atoms with van der Waals surface area (Å²) in [5.41, 5.74) is 0.637. The molecule has 2 unspecified atom stereocenters. The summed E-state index contributed by atoms with van der Waals surface area (Å²) in [7, 11) is 0. The van der Waals surface area contributed by atoms with Gasteiger partial charge in [0.15, 0.2) is 0 Å². The molecule has 2 aliphatic heterocycles. The summed E-state index contributed by atoms with van der Waals surface area (Å²) in [6.45, 7) is 1.40. The van der Waals surface area contributed by atoms with Crippen molar-refractivity contribution >= 4 is 5.78 Å². The number of ether oxygens (including phenoxy) is 1. The normalized spacial score (nSPS) is 29.1. The Labute approximate surface area is 118 Å². The number of rotatable bonds is 4. The Bertz CT molecular complexity index is 479. The summed E-state index contributed by atoms with van der Waals surface area (Å²) in [6.07, 6.45) is 2.65. The van der Waals surface area contributed by atoms with Crippen molar-refractivity contribution in [3.05, 3.63) is 35.6 Å². The van der Waals surface area contributed by atoms with E-state index in [2.05, 4.69) is 5.32 Å². The molecular weight excluding hydrogens is 257 g/mol. The van der Waals surface area contributed by atoms with Gasteiger partial charge in [0.25, 0.3) is 0 Å². The number of ketones is 1. The molecule has 0 radical (unpaired) electrons. The molecule has 1 aromatic carbocycles. The number of piperidine rings is 1. The maximum atomic E-state index is 13.5. The topological polar surface area (TPSA) is 38.3 Å². The van der Waals surface area contributed by atoms with Crippen LogP contribution in [0.15, 0.2) is 24.3 Å². The Hall–Kier alpha value is -1.26. The largest absolute Gasteiger partial charge is 0.378 e. The van der Waals surface area contributed by atoms with Crippen LogP contribution in [0.3, 0.4) is 0 Å². The van der Waals surface area contributed by atoms with Crippen molar-refractivity contribution in [2.45, 2.75) is 37.8 Å². The summed E-state index contributed by atoms with van der Waals surface area (Å²) >= 11 is 0. The number of morpholine rings is 1. The third kappa shape index (κ3) is 3.07. The number of Topliss-reactive ketones (excluding diaryl/α,β-unsaturated/α-hetero) is 1. The van der Waals surface area contributed by atoms with Crippen LogP contribution in [0.25, 0.3) is 0 Å². The summed E-state index contributed by atoms with van der Waals surface area (Å²) in [5, 5.41) is 3.48. The van der Waals surface area contributed by atoms with Crippen molar-refractivity contribution < 1.29 is 13.9 Å². The standard InChI is InChI=1S/C16H20FNO2/c17-15-4-2-1-3-11(15)5-6-16(19)12-7-13-9-20-10-14(8-12)18-13/h1-4,12-14,18H,5-10H2. The first-order valence-electron chi connectivity index (χ1n) is 7.32. The molecule has 1 N–H and O–H groups in total. The highest BCUT2D eigenvalue weighted by molar-refractivity contribution is 5.81. The third-order valence-electron chi connectivity index (χ3n) is 4.30. The van der Waals surface area contributed by atoms with Gasteiger partial charge in [0.2, 0.25) is 0 Å². The Morgan fingerprint density at radius 1 is 1.25 bits per heavy atom. The second-order valence-electron chi connectivity index (χ2n) is 5.82. The van der Waals surface area contributed by atoms with E-state index in [1.165, 1.54) is 6.07 Å². The minimum atomic E-state index is -0.212. The van der Waals surface area contributed by atoms with Crippen LogP contribution in [0, 0.1) is 11.7 Å². The fraction of sp³-hybridized carbons (Fsp3) is 0.562. The van der Waals surface area contributed by atoms with Crippen LogP contribution in [0.5, 0.6) is 0 Å². The van der Waals surface area contributed by atoms with Crippen LogP contribution in [0.2, 0.25) is 0 Å². The van der Waals surface area contributed by atoms with Crippen molar-refractivity contribution in [1.82, 2.24) is 5.32 Å². The zero-order valence-corrected chi connectivity index (χ0v) is 11.5. The number of aryl methyl sites for hydroxylation is 1. The molecule has 0 saturated carbocycles. The lowest BCUT2D eigenvalue weighted by molar-refractivity contribution is -0.125. The quantitative estimate of drug-likeness (QED) is 0.916. The molecule has 3 nitrogen and oxygen atoms in total. The molecule has 2 bridgehead atoms. The average molecular weight is 277 g/mol. The van der Waals surface area contributed by atoms with E-state index in [1.807, 2.05) is 6.07 Å². The molecular formula is C16H20FNO2. The van der Waals surface area contributed by atoms with E-state index in [-0.39, 0.29) is 17.5 Å². The van der Waals surface area contributed by atoms with Crippen molar-refractivity contribution in [1.29, 1.82) is 0 Å². The van der Waals surface area contributed by atoms with Gasteiger partial charge in [-0.2, -0.15) is 0 Å². The third-order valence-corrected chi connectivity index (χ3v) is 4.30. The van der Waals surface area contributed by atoms with Gasteiger partial charge < -0.3 is 10.1 Å². The molecule has 1 aromatic rings. The van der Waals surface area contributed by atoms with E-state index in [9.17, 15) is 9.18 Å². The van der Waals surface area contributed by atoms with Gasteiger partial charge in [-0.15, -0.1) is 0 Å². The predicted octanol–water partition coefficient (Wildman–Crippen LogP) is 2.09. The van der Waals surface area contributed by atoms with E-state index in [0.717, 1.165) is 12.8 Å². The van der Waals surface area contributed by atoms with Gasteiger partial charge in [0, 0.05) is 24.4 Å². The first-order valence-corrected chi connectivity index (χ1v) is 7.32. The van der Waals surface area contributed by atoms with Gasteiger partial charge in [-0.3, -0.25) is 4.79 Å². The Morgan fingerprint density at radius 2 is 1.95 bits per heavy atom. The molecule has 2 heterocycles. The first kappa shape index (κ1) is 13.7. The zero-order valence-electron chi connectivity index (χ0n) is 11.5. The fourth-order valence-corrected chi connectivity index (χ4v) is 3.26. The summed E-state index contributed by atoms with van der Waals surface area (Å²) in [5.74, 6) is 0.171. The number of carbonyl (C=O) groups is 1. The molecule has 108 valence electrons. The number of fused-ring (bicyclic) bond motifs is 2. The fourth-order valence-electron chi connectivity index (χ4n) is 3.26. The van der Waals surface area contributed by atoms with Gasteiger partial charge >= 0.3 is 0 Å². The van der Waals surface area contributed by atoms with Gasteiger partial charge in [0.1, 0.15) is 11.6 Å². The van der Waals surface area contributed by atoms with Gasteiger partial charge in [-0.25, -0.2) is 4.39 Å². The minimum absolute atomic E-state index is 0.113. The average Bonchev–Trinajstić information content (AvgIpc) is 2.45. The number of nitrogens with one attached hydrogen (secondary N) is 1. The maximum absolute atomic E-state index is 13.5. The van der Waals surface area contributed by atoms with Gasteiger partial charge in [-0.05, 0) is 30.9 Å². The molecule has 2 saturated heterocycles. The van der Waals surface area contributed by atoms with Crippen LogP contribution in [0.4, 0.5) is 4.39 Å². The highest BCUT2D eigenvalue weighted by Gasteiger charge is 2.34. The summed E-state index contributed by atoms with van der Waals surface area (Å²) in [4.78, 5) is 12.3. The Balaban J connectivity index is 1.56. The molecule has 0 amide bonds. The van der Waals surface area contributed by atoms with Crippen molar-refractivity contribution in [2.24, 2.45) is 5.92 Å². The first-order chi connectivity index (χ1) is 9.72. The molecule has 0 aromatic heterocycles. The molecule has 2 fully saturated rings. The highest BCUT2D eigenvalue weighted by Crippen LogP contribution is 2.26. The Kier molecular flexibility index (Phi) is 4.13. The monoisotopic (exact) mass is 277 g/mol. The summed E-state index contributed by atoms with van der Waals surface area (Å²) in [6, 6.07) is 7.32. The van der Waals surface area contributed by atoms with Gasteiger partial charge in [0.05, 0.1) is 13.2 Å². The SMILES string of the molecule is O=C(CCc1ccccc1F)C1CC2COCC(C1)N2. The van der Waals surface area contributed by atoms with Crippen LogP contribution in [0.1, 0.15) is 24.8 Å². The summed E-state index contributed by atoms with van der Waals surface area (Å²) < 4.78 is 19.0. The van der Waals surface area contributed by atoms with E-state index in [1.54, 1.807) is 12.1 Å². The smallest absolute Gasteiger partial charge is 0.136 e. The van der Waals surface area contributed by atoms with E-state index in [0.29, 0.717) is 43.7 Å². The van der Waals surface area contributed by atoms with Crippen LogP contribution < -0.4 is 5.32 Å². The molecule has 20 heavy (non-hydrogen) atoms. The lowest BCUT2D eigenvalue weighted by atomic mass is 9.82. The van der Waals surface area contributed by atoms with Crippen molar-refractivity contribution in [3.63, 3.8) is 0 Å². The minimum Gasteiger partial charge on any atom is -0.378 e. The van der Waals surface area contributed by atoms with E-state index >= 15 is 0 Å². The number of hydrogen-bond donors (Lipinski definition) is 1. The van der Waals surface area contributed by atoms with Crippen LogP contribution >= 0.6 is 0 Å². The molecule has 4 heteroatoms. The molecule has 0 aliphatic carbocycles. The lowest BCUT2D eigenvalue weighted by Gasteiger charge is -2.39. The molecule has 2 atom stereocenters. The number of carbonyl (C=O) groups excluding carboxylic acids is 1. The molecule has 0 spiro atoms. The predicted molar refractivity (Wildman–Crippen MR) is 74.0 cm³/mol. The van der Waals surface area contributed by atoms with E-state index < -0.39 is 0 Å². The zero-order chi connectivity index (χ0) is 13.9. The second kappa shape index (κ2) is 6.02. The molecule has 3 rings (SSSR count). The van der Waals surface area contributed by atoms with E-state index in [4.69, 9.17) is 4.74 Å². The second-order valence-corrected chi connectivity index (χ2v) is 5.82. The Morgan fingerprint density at radius 3 is 2.65 bits per heavy atom. The maximum Gasteiger partial charge on any atom is 0.136 e. The van der Waals surface area contributed by atoms with Crippen molar-refractivity contribution in [3.8, 4) is 0 Å². The van der Waals surface area contributed by atoms with Gasteiger partial charge in [-0.1, -0.05) is 18.2 Å². The van der Waals surface area contributed by atoms with Crippen molar-refractivity contribution in [2.75, 3.05) is 13.2 Å². The van der Waals surface area contributed by atoms with Crippen LogP contribution in [-0.2, 0) is 16.0 Å². The highest BCUT2D eigenvalue weighted by atomic mass is 19.1. The molecule has 2 aliphatic rings. The lowest BCUT2D eigenvalue weighted by Crippen LogP contribution is -2.55.